The molecule has 0 spiro atoms. The molecule has 2 aliphatic rings. The second kappa shape index (κ2) is 4.60. The molecule has 1 aliphatic carbocycles. The first-order valence-corrected chi connectivity index (χ1v) is 7.19. The molecule has 1 fully saturated rings. The zero-order valence-electron chi connectivity index (χ0n) is 10.5. The second-order valence-corrected chi connectivity index (χ2v) is 6.06. The fraction of sp³-hybridized carbons (Fsp3) is 0.333. The number of fused-ring (bicyclic) bond motifs is 1. The van der Waals surface area contributed by atoms with Gasteiger partial charge in [0.2, 0.25) is 11.8 Å². The molecule has 0 saturated carbocycles. The van der Waals surface area contributed by atoms with E-state index in [0.717, 1.165) is 4.47 Å². The number of carbonyl (C=O) groups excluding carboxylic acids is 2. The third kappa shape index (κ3) is 1.94. The van der Waals surface area contributed by atoms with Gasteiger partial charge in [0.1, 0.15) is 0 Å². The summed E-state index contributed by atoms with van der Waals surface area (Å²) in [6.07, 6.45) is 4.73. The molecule has 1 unspecified atom stereocenters. The molecule has 2 amide bonds. The van der Waals surface area contributed by atoms with Crippen molar-refractivity contribution >= 4 is 33.4 Å². The Morgan fingerprint density at radius 2 is 1.84 bits per heavy atom. The van der Waals surface area contributed by atoms with E-state index in [-0.39, 0.29) is 29.6 Å². The molecular weight excluding hydrogens is 306 g/mol. The van der Waals surface area contributed by atoms with Crippen molar-refractivity contribution in [1.82, 2.24) is 0 Å². The number of nitrogens with zero attached hydrogens (tertiary/aromatic N) is 1. The molecule has 4 heteroatoms. The predicted molar refractivity (Wildman–Crippen MR) is 76.5 cm³/mol. The lowest BCUT2D eigenvalue weighted by Crippen LogP contribution is -2.31. The van der Waals surface area contributed by atoms with Crippen molar-refractivity contribution in [3.8, 4) is 0 Å². The molecule has 1 aliphatic heterocycles. The van der Waals surface area contributed by atoms with Crippen LogP contribution in [0.1, 0.15) is 13.3 Å². The van der Waals surface area contributed by atoms with Crippen molar-refractivity contribution in [2.75, 3.05) is 4.90 Å². The van der Waals surface area contributed by atoms with Crippen LogP contribution in [-0.2, 0) is 9.59 Å². The number of rotatable bonds is 1. The van der Waals surface area contributed by atoms with Crippen LogP contribution in [0.3, 0.4) is 0 Å². The average Bonchev–Trinajstić information content (AvgIpc) is 2.65. The van der Waals surface area contributed by atoms with Crippen molar-refractivity contribution < 1.29 is 9.59 Å². The maximum Gasteiger partial charge on any atom is 0.238 e. The first kappa shape index (κ1) is 12.6. The van der Waals surface area contributed by atoms with Gasteiger partial charge in [0.25, 0.3) is 0 Å². The van der Waals surface area contributed by atoms with Crippen LogP contribution in [0.5, 0.6) is 0 Å². The summed E-state index contributed by atoms with van der Waals surface area (Å²) in [7, 11) is 0. The monoisotopic (exact) mass is 319 g/mol. The van der Waals surface area contributed by atoms with E-state index in [4.69, 9.17) is 0 Å². The van der Waals surface area contributed by atoms with Crippen LogP contribution in [0.4, 0.5) is 5.69 Å². The van der Waals surface area contributed by atoms with E-state index in [1.54, 1.807) is 12.1 Å². The van der Waals surface area contributed by atoms with E-state index in [2.05, 4.69) is 15.9 Å². The number of halogens is 1. The molecule has 19 heavy (non-hydrogen) atoms. The van der Waals surface area contributed by atoms with Gasteiger partial charge in [0.15, 0.2) is 0 Å². The molecule has 1 aromatic rings. The van der Waals surface area contributed by atoms with Crippen molar-refractivity contribution in [2.45, 2.75) is 13.3 Å². The first-order valence-electron chi connectivity index (χ1n) is 6.39. The number of imide groups is 1. The SMILES string of the molecule is CC1C=CC[C@H]2C(=O)N(c3ccc(Br)cc3)C(=O)[C@@H]12. The summed E-state index contributed by atoms with van der Waals surface area (Å²) in [4.78, 5) is 26.3. The highest BCUT2D eigenvalue weighted by atomic mass is 79.9. The second-order valence-electron chi connectivity index (χ2n) is 5.14. The van der Waals surface area contributed by atoms with Crippen LogP contribution in [0.2, 0.25) is 0 Å². The minimum Gasteiger partial charge on any atom is -0.274 e. The van der Waals surface area contributed by atoms with Gasteiger partial charge in [-0.05, 0) is 36.6 Å². The molecule has 0 bridgehead atoms. The lowest BCUT2D eigenvalue weighted by molar-refractivity contribution is -0.122. The molecule has 0 aromatic heterocycles. The standard InChI is InChI=1S/C15H14BrNO2/c1-9-3-2-4-12-13(9)15(19)17(14(12)18)11-7-5-10(16)6-8-11/h2-3,5-9,12-13H,4H2,1H3/t9?,12-,13+/m1/s1. The lowest BCUT2D eigenvalue weighted by Gasteiger charge is -2.22. The number of anilines is 1. The van der Waals surface area contributed by atoms with Gasteiger partial charge in [-0.3, -0.25) is 14.5 Å². The van der Waals surface area contributed by atoms with Gasteiger partial charge in [-0.2, -0.15) is 0 Å². The van der Waals surface area contributed by atoms with E-state index >= 15 is 0 Å². The number of hydrogen-bond acceptors (Lipinski definition) is 2. The highest BCUT2D eigenvalue weighted by Gasteiger charge is 2.50. The molecule has 0 radical (unpaired) electrons. The first-order chi connectivity index (χ1) is 9.09. The Balaban J connectivity index is 1.98. The van der Waals surface area contributed by atoms with Crippen LogP contribution in [0.15, 0.2) is 40.9 Å². The molecular formula is C15H14BrNO2. The Morgan fingerprint density at radius 3 is 2.47 bits per heavy atom. The summed E-state index contributed by atoms with van der Waals surface area (Å²) >= 11 is 3.36. The lowest BCUT2D eigenvalue weighted by atomic mass is 9.78. The van der Waals surface area contributed by atoms with Gasteiger partial charge in [-0.15, -0.1) is 0 Å². The molecule has 1 aromatic carbocycles. The Labute approximate surface area is 120 Å². The third-order valence-electron chi connectivity index (χ3n) is 3.96. The number of benzene rings is 1. The normalized spacial score (nSPS) is 29.8. The minimum atomic E-state index is -0.193. The number of allylic oxidation sites excluding steroid dienone is 2. The number of amides is 2. The smallest absolute Gasteiger partial charge is 0.238 e. The van der Waals surface area contributed by atoms with E-state index in [9.17, 15) is 9.59 Å². The van der Waals surface area contributed by atoms with E-state index < -0.39 is 0 Å². The summed E-state index contributed by atoms with van der Waals surface area (Å²) in [5.74, 6) is -0.365. The van der Waals surface area contributed by atoms with Gasteiger partial charge in [0, 0.05) is 4.47 Å². The Kier molecular flexibility index (Phi) is 3.05. The fourth-order valence-corrected chi connectivity index (χ4v) is 3.26. The highest BCUT2D eigenvalue weighted by molar-refractivity contribution is 9.10. The highest BCUT2D eigenvalue weighted by Crippen LogP contribution is 2.40. The third-order valence-corrected chi connectivity index (χ3v) is 4.49. The maximum atomic E-state index is 12.5. The summed E-state index contributed by atoms with van der Waals surface area (Å²) in [6, 6.07) is 7.30. The largest absolute Gasteiger partial charge is 0.274 e. The minimum absolute atomic E-state index is 0.0610. The van der Waals surface area contributed by atoms with Gasteiger partial charge in [-0.1, -0.05) is 35.0 Å². The molecule has 3 nitrogen and oxygen atoms in total. The van der Waals surface area contributed by atoms with E-state index in [0.29, 0.717) is 12.1 Å². The van der Waals surface area contributed by atoms with Gasteiger partial charge in [-0.25, -0.2) is 0 Å². The Bertz CT molecular complexity index is 564. The Morgan fingerprint density at radius 1 is 1.16 bits per heavy atom. The number of hydrogen-bond donors (Lipinski definition) is 0. The topological polar surface area (TPSA) is 37.4 Å². The number of carbonyl (C=O) groups is 2. The zero-order chi connectivity index (χ0) is 13.6. The van der Waals surface area contributed by atoms with Crippen LogP contribution in [-0.4, -0.2) is 11.8 Å². The summed E-state index contributed by atoms with van der Waals surface area (Å²) < 4.78 is 0.933. The molecule has 3 atom stereocenters. The van der Waals surface area contributed by atoms with Crippen LogP contribution in [0.25, 0.3) is 0 Å². The van der Waals surface area contributed by atoms with Gasteiger partial charge in [0.05, 0.1) is 17.5 Å². The van der Waals surface area contributed by atoms with Crippen molar-refractivity contribution in [3.63, 3.8) is 0 Å². The van der Waals surface area contributed by atoms with Crippen molar-refractivity contribution in [2.24, 2.45) is 17.8 Å². The van der Waals surface area contributed by atoms with Crippen molar-refractivity contribution in [3.05, 3.63) is 40.9 Å². The Hall–Kier alpha value is -1.42. The van der Waals surface area contributed by atoms with Crippen LogP contribution < -0.4 is 4.90 Å². The molecule has 1 heterocycles. The quantitative estimate of drug-likeness (QED) is 0.589. The molecule has 98 valence electrons. The molecule has 3 rings (SSSR count). The summed E-state index contributed by atoms with van der Waals surface area (Å²) in [5.41, 5.74) is 0.666. The summed E-state index contributed by atoms with van der Waals surface area (Å²) in [5, 5.41) is 0. The van der Waals surface area contributed by atoms with E-state index in [1.165, 1.54) is 4.90 Å². The van der Waals surface area contributed by atoms with Crippen molar-refractivity contribution in [1.29, 1.82) is 0 Å². The van der Waals surface area contributed by atoms with Gasteiger partial charge < -0.3 is 0 Å². The molecule has 1 saturated heterocycles. The molecule has 0 N–H and O–H groups in total. The maximum absolute atomic E-state index is 12.5. The summed E-state index contributed by atoms with van der Waals surface area (Å²) in [6.45, 7) is 2.00. The van der Waals surface area contributed by atoms with Gasteiger partial charge >= 0.3 is 0 Å². The van der Waals surface area contributed by atoms with Crippen LogP contribution in [0, 0.1) is 17.8 Å². The predicted octanol–water partition coefficient (Wildman–Crippen LogP) is 3.15. The average molecular weight is 320 g/mol. The zero-order valence-corrected chi connectivity index (χ0v) is 12.1. The van der Waals surface area contributed by atoms with E-state index in [1.807, 2.05) is 31.2 Å². The van der Waals surface area contributed by atoms with Crippen LogP contribution >= 0.6 is 15.9 Å². The fourth-order valence-electron chi connectivity index (χ4n) is 2.99.